The minimum absolute atomic E-state index is 0.126. The average molecular weight is 214 g/mol. The second-order valence-corrected chi connectivity index (χ2v) is 4.13. The Morgan fingerprint density at radius 3 is 3.07 bits per heavy atom. The van der Waals surface area contributed by atoms with Gasteiger partial charge in [0.25, 0.3) is 0 Å². The van der Waals surface area contributed by atoms with Gasteiger partial charge in [0.15, 0.2) is 0 Å². The van der Waals surface area contributed by atoms with Crippen LogP contribution in [0.15, 0.2) is 0 Å². The molecule has 1 rings (SSSR count). The molecule has 1 aliphatic rings. The van der Waals surface area contributed by atoms with E-state index in [9.17, 15) is 4.79 Å². The van der Waals surface area contributed by atoms with Crippen molar-refractivity contribution in [2.45, 2.75) is 19.8 Å². The lowest BCUT2D eigenvalue weighted by Gasteiger charge is -2.31. The molecule has 1 N–H and O–H groups in total. The normalized spacial score (nSPS) is 22.7. The number of carbonyl (C=O) groups excluding carboxylic acids is 1. The van der Waals surface area contributed by atoms with Gasteiger partial charge in [0.05, 0.1) is 13.7 Å². The Hall–Kier alpha value is -0.610. The number of hydrogen-bond donors (Lipinski definition) is 1. The van der Waals surface area contributed by atoms with Gasteiger partial charge < -0.3 is 10.1 Å². The van der Waals surface area contributed by atoms with E-state index in [1.165, 1.54) is 20.0 Å². The zero-order valence-electron chi connectivity index (χ0n) is 9.79. The van der Waals surface area contributed by atoms with Gasteiger partial charge in [0.1, 0.15) is 0 Å². The van der Waals surface area contributed by atoms with Crippen molar-refractivity contribution in [1.29, 1.82) is 0 Å². The van der Waals surface area contributed by atoms with Crippen LogP contribution in [0, 0.1) is 5.92 Å². The maximum Gasteiger partial charge on any atom is 0.319 e. The Morgan fingerprint density at radius 2 is 2.40 bits per heavy atom. The molecule has 1 atom stereocenters. The van der Waals surface area contributed by atoms with Gasteiger partial charge in [-0.25, -0.2) is 0 Å². The van der Waals surface area contributed by atoms with E-state index in [0.717, 1.165) is 26.2 Å². The summed E-state index contributed by atoms with van der Waals surface area (Å²) in [4.78, 5) is 13.3. The number of hydrogen-bond acceptors (Lipinski definition) is 4. The Kier molecular flexibility index (Phi) is 5.65. The smallest absolute Gasteiger partial charge is 0.319 e. The highest BCUT2D eigenvalue weighted by atomic mass is 16.5. The second kappa shape index (κ2) is 6.80. The summed E-state index contributed by atoms with van der Waals surface area (Å²) in [7, 11) is 1.45. The molecule has 0 aromatic heterocycles. The first kappa shape index (κ1) is 12.5. The molecule has 0 spiro atoms. The third-order valence-corrected chi connectivity index (χ3v) is 2.87. The number of likely N-dealkylation sites (tertiary alicyclic amines) is 1. The number of piperidine rings is 1. The molecule has 0 saturated carbocycles. The first-order chi connectivity index (χ1) is 7.26. The molecule has 88 valence electrons. The van der Waals surface area contributed by atoms with E-state index in [2.05, 4.69) is 21.9 Å². The molecule has 0 amide bonds. The number of esters is 1. The first-order valence-corrected chi connectivity index (χ1v) is 5.76. The van der Waals surface area contributed by atoms with E-state index in [1.54, 1.807) is 0 Å². The molecule has 1 heterocycles. The highest BCUT2D eigenvalue weighted by Crippen LogP contribution is 2.15. The average Bonchev–Trinajstić information content (AvgIpc) is 2.26. The van der Waals surface area contributed by atoms with Crippen molar-refractivity contribution in [3.8, 4) is 0 Å². The van der Waals surface area contributed by atoms with Gasteiger partial charge in [-0.3, -0.25) is 9.69 Å². The number of carbonyl (C=O) groups is 1. The van der Waals surface area contributed by atoms with E-state index in [4.69, 9.17) is 0 Å². The second-order valence-electron chi connectivity index (χ2n) is 4.13. The molecule has 1 unspecified atom stereocenters. The van der Waals surface area contributed by atoms with Crippen LogP contribution in [0.2, 0.25) is 0 Å². The summed E-state index contributed by atoms with van der Waals surface area (Å²) >= 11 is 0. The fraction of sp³-hybridized carbons (Fsp3) is 0.909. The summed E-state index contributed by atoms with van der Waals surface area (Å²) in [6, 6.07) is 0. The molecular weight excluding hydrogens is 192 g/mol. The van der Waals surface area contributed by atoms with E-state index in [-0.39, 0.29) is 5.97 Å². The molecule has 4 heteroatoms. The van der Waals surface area contributed by atoms with Crippen molar-refractivity contribution < 1.29 is 9.53 Å². The summed E-state index contributed by atoms with van der Waals surface area (Å²) < 4.78 is 4.67. The number of ether oxygens (including phenoxy) is 1. The predicted octanol–water partition coefficient (Wildman–Crippen LogP) is 0.481. The predicted molar refractivity (Wildman–Crippen MR) is 59.7 cm³/mol. The monoisotopic (exact) mass is 214 g/mol. The Labute approximate surface area is 92.0 Å². The zero-order chi connectivity index (χ0) is 11.1. The van der Waals surface area contributed by atoms with Crippen LogP contribution >= 0.6 is 0 Å². The largest absolute Gasteiger partial charge is 0.468 e. The summed E-state index contributed by atoms with van der Waals surface area (Å²) in [5.74, 6) is 0.558. The maximum absolute atomic E-state index is 11.1. The molecule has 0 radical (unpaired) electrons. The highest BCUT2D eigenvalue weighted by Gasteiger charge is 2.21. The van der Waals surface area contributed by atoms with E-state index < -0.39 is 0 Å². The topological polar surface area (TPSA) is 41.6 Å². The number of nitrogens with one attached hydrogen (secondary N) is 1. The van der Waals surface area contributed by atoms with Gasteiger partial charge in [-0.15, -0.1) is 0 Å². The quantitative estimate of drug-likeness (QED) is 0.676. The minimum atomic E-state index is -0.126. The molecule has 1 fully saturated rings. The summed E-state index contributed by atoms with van der Waals surface area (Å²) in [6.07, 6.45) is 2.46. The molecule has 0 aromatic rings. The SMILES string of the molecule is CCNCC1CCCN(CC(=O)OC)C1. The lowest BCUT2D eigenvalue weighted by atomic mass is 9.98. The Morgan fingerprint density at radius 1 is 1.60 bits per heavy atom. The van der Waals surface area contributed by atoms with Crippen LogP contribution in [0.25, 0.3) is 0 Å². The third-order valence-electron chi connectivity index (χ3n) is 2.87. The molecule has 0 bridgehead atoms. The maximum atomic E-state index is 11.1. The van der Waals surface area contributed by atoms with Crippen molar-refractivity contribution in [3.05, 3.63) is 0 Å². The van der Waals surface area contributed by atoms with Gasteiger partial charge in [-0.1, -0.05) is 6.92 Å². The van der Waals surface area contributed by atoms with E-state index >= 15 is 0 Å². The highest BCUT2D eigenvalue weighted by molar-refractivity contribution is 5.71. The fourth-order valence-corrected chi connectivity index (χ4v) is 2.06. The van der Waals surface area contributed by atoms with Crippen LogP contribution in [0.3, 0.4) is 0 Å². The Balaban J connectivity index is 2.25. The molecule has 1 aliphatic heterocycles. The Bertz CT molecular complexity index is 197. The lowest BCUT2D eigenvalue weighted by Crippen LogP contribution is -2.42. The number of nitrogens with zero attached hydrogens (tertiary/aromatic N) is 1. The fourth-order valence-electron chi connectivity index (χ4n) is 2.06. The van der Waals surface area contributed by atoms with Crippen LogP contribution in [0.4, 0.5) is 0 Å². The van der Waals surface area contributed by atoms with Crippen LogP contribution in [0.5, 0.6) is 0 Å². The number of methoxy groups -OCH3 is 1. The van der Waals surface area contributed by atoms with Crippen molar-refractivity contribution in [2.75, 3.05) is 39.8 Å². The van der Waals surface area contributed by atoms with Crippen LogP contribution in [0.1, 0.15) is 19.8 Å². The molecular formula is C11H22N2O2. The summed E-state index contributed by atoms with van der Waals surface area (Å²) in [5, 5.41) is 3.36. The minimum Gasteiger partial charge on any atom is -0.468 e. The van der Waals surface area contributed by atoms with Gasteiger partial charge in [0, 0.05) is 6.54 Å². The van der Waals surface area contributed by atoms with Gasteiger partial charge in [0.2, 0.25) is 0 Å². The number of rotatable bonds is 5. The molecule has 15 heavy (non-hydrogen) atoms. The van der Waals surface area contributed by atoms with Crippen molar-refractivity contribution >= 4 is 5.97 Å². The van der Waals surface area contributed by atoms with Crippen molar-refractivity contribution in [3.63, 3.8) is 0 Å². The first-order valence-electron chi connectivity index (χ1n) is 5.76. The van der Waals surface area contributed by atoms with E-state index in [0.29, 0.717) is 12.5 Å². The van der Waals surface area contributed by atoms with Crippen LogP contribution in [-0.2, 0) is 9.53 Å². The molecule has 0 aliphatic carbocycles. The van der Waals surface area contributed by atoms with Gasteiger partial charge >= 0.3 is 5.97 Å². The van der Waals surface area contributed by atoms with Gasteiger partial charge in [-0.05, 0) is 38.4 Å². The van der Waals surface area contributed by atoms with Crippen molar-refractivity contribution in [1.82, 2.24) is 10.2 Å². The van der Waals surface area contributed by atoms with Crippen molar-refractivity contribution in [2.24, 2.45) is 5.92 Å². The lowest BCUT2D eigenvalue weighted by molar-refractivity contribution is -0.142. The van der Waals surface area contributed by atoms with Crippen LogP contribution in [-0.4, -0.2) is 50.7 Å². The molecule has 0 aromatic carbocycles. The zero-order valence-corrected chi connectivity index (χ0v) is 9.79. The summed E-state index contributed by atoms with van der Waals surface area (Å²) in [6.45, 7) is 6.69. The summed E-state index contributed by atoms with van der Waals surface area (Å²) in [5.41, 5.74) is 0. The third kappa shape index (κ3) is 4.62. The van der Waals surface area contributed by atoms with Crippen LogP contribution < -0.4 is 5.32 Å². The molecule has 1 saturated heterocycles. The molecule has 4 nitrogen and oxygen atoms in total. The standard InChI is InChI=1S/C11H22N2O2/c1-3-12-7-10-5-4-6-13(8-10)9-11(14)15-2/h10,12H,3-9H2,1-2H3. The van der Waals surface area contributed by atoms with Gasteiger partial charge in [-0.2, -0.15) is 0 Å². The van der Waals surface area contributed by atoms with E-state index in [1.807, 2.05) is 0 Å².